The Morgan fingerprint density at radius 1 is 1.00 bits per heavy atom. The molecule has 7 rings (SSSR count). The van der Waals surface area contributed by atoms with Crippen LogP contribution >= 0.6 is 0 Å². The zero-order valence-corrected chi connectivity index (χ0v) is 27.9. The Labute approximate surface area is 269 Å². The van der Waals surface area contributed by atoms with Crippen LogP contribution in [-0.2, 0) is 42.8 Å². The molecule has 0 amide bonds. The predicted octanol–water partition coefficient (Wildman–Crippen LogP) is 4.21. The smallest absolute Gasteiger partial charge is 0.333 e. The van der Waals surface area contributed by atoms with Gasteiger partial charge in [-0.1, -0.05) is 26.8 Å². The average molecular weight is 643 g/mol. The first-order chi connectivity index (χ1) is 21.6. The van der Waals surface area contributed by atoms with E-state index < -0.39 is 82.2 Å². The van der Waals surface area contributed by atoms with Crippen molar-refractivity contribution < 1.29 is 52.3 Å². The molecule has 2 bridgehead atoms. The van der Waals surface area contributed by atoms with Crippen LogP contribution in [0.4, 0.5) is 0 Å². The molecule has 6 aliphatic rings. The number of carbonyl (C=O) groups is 3. The molecule has 14 unspecified atom stereocenters. The fourth-order valence-electron chi connectivity index (χ4n) is 11.5. The number of hydrogen-bond donors (Lipinski definition) is 1. The normalized spacial score (nSPS) is 50.3. The highest BCUT2D eigenvalue weighted by molar-refractivity contribution is 5.87. The Hall–Kier alpha value is -2.73. The van der Waals surface area contributed by atoms with Crippen LogP contribution in [0.3, 0.4) is 0 Å². The highest BCUT2D eigenvalue weighted by Crippen LogP contribution is 2.78. The van der Waals surface area contributed by atoms with E-state index in [1.54, 1.807) is 32.4 Å². The third-order valence-electron chi connectivity index (χ3n) is 13.3. The van der Waals surface area contributed by atoms with Crippen molar-refractivity contribution in [1.29, 1.82) is 0 Å². The van der Waals surface area contributed by atoms with Gasteiger partial charge in [-0.15, -0.1) is 0 Å². The first-order valence-electron chi connectivity index (χ1n) is 16.4. The third kappa shape index (κ3) is 3.71. The highest BCUT2D eigenvalue weighted by Gasteiger charge is 2.87. The quantitative estimate of drug-likeness (QED) is 0.281. The van der Waals surface area contributed by atoms with Crippen LogP contribution in [0.2, 0.25) is 0 Å². The second-order valence-corrected chi connectivity index (χ2v) is 15.3. The first-order valence-corrected chi connectivity index (χ1v) is 16.4. The molecule has 6 fully saturated rings. The minimum absolute atomic E-state index is 0.250. The van der Waals surface area contributed by atoms with E-state index in [4.69, 9.17) is 32.8 Å². The number of hydrogen-bond acceptors (Lipinski definition) is 11. The lowest BCUT2D eigenvalue weighted by molar-refractivity contribution is -0.353. The van der Waals surface area contributed by atoms with Crippen molar-refractivity contribution in [3.63, 3.8) is 0 Å². The van der Waals surface area contributed by atoms with Gasteiger partial charge in [-0.3, -0.25) is 9.59 Å². The van der Waals surface area contributed by atoms with Crippen LogP contribution in [0, 0.1) is 28.1 Å². The molecule has 3 saturated heterocycles. The summed E-state index contributed by atoms with van der Waals surface area (Å²) in [6.45, 7) is 14.6. The van der Waals surface area contributed by atoms with Gasteiger partial charge in [0.05, 0.1) is 37.4 Å². The van der Waals surface area contributed by atoms with Crippen LogP contribution in [-0.4, -0.2) is 77.6 Å². The van der Waals surface area contributed by atoms with Gasteiger partial charge in [0.1, 0.15) is 23.4 Å². The number of aliphatic hydroxyl groups is 1. The molecular weight excluding hydrogens is 596 g/mol. The highest BCUT2D eigenvalue weighted by atomic mass is 16.8. The summed E-state index contributed by atoms with van der Waals surface area (Å²) >= 11 is 0. The molecule has 3 aliphatic carbocycles. The molecule has 1 aromatic rings. The molecule has 3 aliphatic heterocycles. The van der Waals surface area contributed by atoms with E-state index in [9.17, 15) is 19.5 Å². The summed E-state index contributed by atoms with van der Waals surface area (Å²) in [7, 11) is 0. The van der Waals surface area contributed by atoms with Crippen molar-refractivity contribution in [1.82, 2.24) is 0 Å². The number of ether oxygens (including phenoxy) is 6. The topological polar surface area (TPSA) is 140 Å². The number of esters is 3. The van der Waals surface area contributed by atoms with Gasteiger partial charge in [0.2, 0.25) is 0 Å². The maximum atomic E-state index is 13.5. The summed E-state index contributed by atoms with van der Waals surface area (Å²) in [5, 5.41) is 12.8. The summed E-state index contributed by atoms with van der Waals surface area (Å²) in [5.74, 6) is -2.40. The number of aliphatic hydroxyl groups excluding tert-OH is 1. The van der Waals surface area contributed by atoms with E-state index in [1.807, 2.05) is 26.8 Å². The maximum Gasteiger partial charge on any atom is 0.333 e. The van der Waals surface area contributed by atoms with Gasteiger partial charge in [-0.05, 0) is 44.7 Å². The van der Waals surface area contributed by atoms with Gasteiger partial charge < -0.3 is 37.9 Å². The number of rotatable bonds is 5. The Balaban J connectivity index is 1.43. The van der Waals surface area contributed by atoms with Gasteiger partial charge in [-0.25, -0.2) is 4.79 Å². The zero-order valence-electron chi connectivity index (χ0n) is 27.9. The molecule has 1 spiro atoms. The van der Waals surface area contributed by atoms with Gasteiger partial charge in [0, 0.05) is 60.3 Å². The molecule has 4 heterocycles. The average Bonchev–Trinajstić information content (AvgIpc) is 3.75. The third-order valence-corrected chi connectivity index (χ3v) is 13.3. The van der Waals surface area contributed by atoms with E-state index in [1.165, 1.54) is 13.8 Å². The summed E-state index contributed by atoms with van der Waals surface area (Å²) in [5.41, 5.74) is -3.83. The summed E-state index contributed by atoms with van der Waals surface area (Å²) in [6, 6.07) is 1.86. The Morgan fingerprint density at radius 2 is 1.74 bits per heavy atom. The van der Waals surface area contributed by atoms with Crippen molar-refractivity contribution in [2.24, 2.45) is 28.1 Å². The monoisotopic (exact) mass is 642 g/mol. The molecule has 1 aromatic heterocycles. The first kappa shape index (κ1) is 31.8. The number of carbonyl (C=O) groups excluding carboxylic acids is 3. The van der Waals surface area contributed by atoms with Crippen LogP contribution in [0.15, 0.2) is 34.7 Å². The van der Waals surface area contributed by atoms with Crippen molar-refractivity contribution >= 4 is 17.9 Å². The molecule has 0 radical (unpaired) electrons. The van der Waals surface area contributed by atoms with Crippen molar-refractivity contribution in [3.8, 4) is 0 Å². The summed E-state index contributed by atoms with van der Waals surface area (Å²) in [6.07, 6.45) is 1.84. The van der Waals surface area contributed by atoms with E-state index in [0.717, 1.165) is 5.56 Å². The zero-order chi connectivity index (χ0) is 33.2. The van der Waals surface area contributed by atoms with Gasteiger partial charge in [-0.2, -0.15) is 0 Å². The number of furan rings is 1. The van der Waals surface area contributed by atoms with Crippen LogP contribution in [0.5, 0.6) is 0 Å². The molecule has 3 saturated carbocycles. The molecule has 252 valence electrons. The van der Waals surface area contributed by atoms with Crippen molar-refractivity contribution in [2.75, 3.05) is 6.61 Å². The van der Waals surface area contributed by atoms with E-state index >= 15 is 0 Å². The fraction of sp³-hybridized carbons (Fsp3) is 0.743. The van der Waals surface area contributed by atoms with E-state index in [0.29, 0.717) is 18.4 Å². The molecular formula is C35H46O11. The maximum absolute atomic E-state index is 13.5. The molecule has 46 heavy (non-hydrogen) atoms. The lowest BCUT2D eigenvalue weighted by Gasteiger charge is -2.71. The minimum atomic E-state index is -1.29. The predicted molar refractivity (Wildman–Crippen MR) is 160 cm³/mol. The molecule has 14 atom stereocenters. The summed E-state index contributed by atoms with van der Waals surface area (Å²) in [4.78, 5) is 38.8. The number of fused-ring (bicyclic) bond motifs is 3. The molecule has 0 aromatic carbocycles. The fourth-order valence-corrected chi connectivity index (χ4v) is 11.5. The summed E-state index contributed by atoms with van der Waals surface area (Å²) < 4.78 is 44.5. The second kappa shape index (κ2) is 10.1. The van der Waals surface area contributed by atoms with Crippen molar-refractivity contribution in [3.05, 3.63) is 35.8 Å². The SMILES string of the molecule is CC=C(C)C(=O)OC1CC(OC(C)=O)C2(C)COC3C2C1(C)C1CC2OC4CC(c5ccoc5)C(C)(OC(C)=O)C4(O2)C1(C)C3O. The van der Waals surface area contributed by atoms with Gasteiger partial charge in [0.15, 0.2) is 6.29 Å². The molecule has 11 heteroatoms. The Kier molecular flexibility index (Phi) is 7.02. The van der Waals surface area contributed by atoms with Crippen LogP contribution < -0.4 is 0 Å². The van der Waals surface area contributed by atoms with E-state index in [2.05, 4.69) is 6.92 Å². The minimum Gasteiger partial charge on any atom is -0.472 e. The van der Waals surface area contributed by atoms with Crippen LogP contribution in [0.1, 0.15) is 86.1 Å². The molecule has 1 N–H and O–H groups in total. The lowest BCUT2D eigenvalue weighted by Crippen LogP contribution is -2.80. The molecule has 11 nitrogen and oxygen atoms in total. The standard InChI is InChI=1S/C35H46O11/c1-9-17(2)30(39)44-24-14-23(42-18(3)36)31(5)16-41-27-28(31)32(24,6)22-13-26-43-25-12-21(20-10-11-40-15-20)34(8,45-19(4)37)35(25,46-26)33(22,7)29(27)38/h9-11,15,21-29,38H,12-14,16H2,1-8H3. The largest absolute Gasteiger partial charge is 0.472 e. The van der Waals surface area contributed by atoms with Gasteiger partial charge >= 0.3 is 17.9 Å². The van der Waals surface area contributed by atoms with Crippen molar-refractivity contribution in [2.45, 2.75) is 129 Å². The van der Waals surface area contributed by atoms with Gasteiger partial charge in [0.25, 0.3) is 0 Å². The van der Waals surface area contributed by atoms with E-state index in [-0.39, 0.29) is 30.8 Å². The van der Waals surface area contributed by atoms with Crippen LogP contribution in [0.25, 0.3) is 0 Å². The number of allylic oxidation sites excluding steroid dienone is 1. The Bertz CT molecular complexity index is 1470. The lowest BCUT2D eigenvalue weighted by atomic mass is 9.37. The second-order valence-electron chi connectivity index (χ2n) is 15.3. The Morgan fingerprint density at radius 3 is 2.37 bits per heavy atom.